The van der Waals surface area contributed by atoms with Gasteiger partial charge >= 0.3 is 0 Å². The molecule has 2 aromatic carbocycles. The first-order valence-corrected chi connectivity index (χ1v) is 7.81. The number of rotatable bonds is 0. The van der Waals surface area contributed by atoms with Crippen molar-refractivity contribution in [3.8, 4) is 0 Å². The predicted molar refractivity (Wildman–Crippen MR) is 94.8 cm³/mol. The van der Waals surface area contributed by atoms with Crippen molar-refractivity contribution in [2.45, 2.75) is 26.2 Å². The molecule has 1 N–H and O–H groups in total. The zero-order valence-corrected chi connectivity index (χ0v) is 13.6. The van der Waals surface area contributed by atoms with Crippen molar-refractivity contribution in [1.82, 2.24) is 9.97 Å². The molecular formula is C19H17ClN2. The maximum absolute atomic E-state index is 6.07. The highest BCUT2D eigenvalue weighted by atomic mass is 35.5. The Labute approximate surface area is 134 Å². The van der Waals surface area contributed by atoms with Gasteiger partial charge in [0.05, 0.1) is 11.0 Å². The topological polar surface area (TPSA) is 28.7 Å². The monoisotopic (exact) mass is 308 g/mol. The SMILES string of the molecule is CC(C)(C)c1ccc2[nH]c3c4ccc(Cl)cc4ncc3c2c1. The zero-order valence-electron chi connectivity index (χ0n) is 12.9. The number of hydrogen-bond acceptors (Lipinski definition) is 1. The highest BCUT2D eigenvalue weighted by molar-refractivity contribution is 6.31. The molecule has 0 aliphatic carbocycles. The molecule has 0 aliphatic rings. The quantitative estimate of drug-likeness (QED) is 0.435. The Morgan fingerprint density at radius 2 is 1.77 bits per heavy atom. The van der Waals surface area contributed by atoms with E-state index in [1.165, 1.54) is 10.9 Å². The summed E-state index contributed by atoms with van der Waals surface area (Å²) in [5.41, 5.74) is 4.66. The molecule has 4 rings (SSSR count). The number of halogens is 1. The lowest BCUT2D eigenvalue weighted by Crippen LogP contribution is -2.10. The van der Waals surface area contributed by atoms with Crippen molar-refractivity contribution in [2.24, 2.45) is 0 Å². The third-order valence-corrected chi connectivity index (χ3v) is 4.50. The van der Waals surface area contributed by atoms with Crippen LogP contribution in [0.2, 0.25) is 5.02 Å². The normalized spacial score (nSPS) is 12.5. The molecule has 0 atom stereocenters. The Morgan fingerprint density at radius 1 is 0.955 bits per heavy atom. The van der Waals surface area contributed by atoms with Crippen LogP contribution in [0.15, 0.2) is 42.6 Å². The lowest BCUT2D eigenvalue weighted by atomic mass is 9.86. The van der Waals surface area contributed by atoms with Crippen LogP contribution in [0.5, 0.6) is 0 Å². The Morgan fingerprint density at radius 3 is 2.55 bits per heavy atom. The van der Waals surface area contributed by atoms with Crippen molar-refractivity contribution in [3.05, 3.63) is 53.2 Å². The molecule has 0 unspecified atom stereocenters. The zero-order chi connectivity index (χ0) is 15.5. The molecule has 3 heteroatoms. The molecule has 22 heavy (non-hydrogen) atoms. The largest absolute Gasteiger partial charge is 0.354 e. The van der Waals surface area contributed by atoms with E-state index in [0.29, 0.717) is 5.02 Å². The average Bonchev–Trinajstić information content (AvgIpc) is 2.83. The third-order valence-electron chi connectivity index (χ3n) is 4.27. The van der Waals surface area contributed by atoms with E-state index in [0.717, 1.165) is 27.3 Å². The van der Waals surface area contributed by atoms with Crippen molar-refractivity contribution < 1.29 is 0 Å². The number of nitrogens with one attached hydrogen (secondary N) is 1. The minimum absolute atomic E-state index is 0.135. The number of benzene rings is 2. The second-order valence-corrected chi connectivity index (χ2v) is 7.28. The Bertz CT molecular complexity index is 1020. The number of H-pyrrole nitrogens is 1. The van der Waals surface area contributed by atoms with E-state index < -0.39 is 0 Å². The average molecular weight is 309 g/mol. The summed E-state index contributed by atoms with van der Waals surface area (Å²) in [4.78, 5) is 8.12. The number of aromatic amines is 1. The van der Waals surface area contributed by atoms with Gasteiger partial charge in [0.2, 0.25) is 0 Å². The van der Waals surface area contributed by atoms with Crippen molar-refractivity contribution in [2.75, 3.05) is 0 Å². The first-order valence-electron chi connectivity index (χ1n) is 7.44. The molecule has 0 aliphatic heterocycles. The molecule has 0 amide bonds. The lowest BCUT2D eigenvalue weighted by molar-refractivity contribution is 0.591. The number of nitrogens with zero attached hydrogens (tertiary/aromatic N) is 1. The van der Waals surface area contributed by atoms with E-state index in [1.54, 1.807) is 0 Å². The van der Waals surface area contributed by atoms with Crippen LogP contribution in [0, 0.1) is 0 Å². The van der Waals surface area contributed by atoms with E-state index in [-0.39, 0.29) is 5.41 Å². The fourth-order valence-corrected chi connectivity index (χ4v) is 3.15. The minimum atomic E-state index is 0.135. The van der Waals surface area contributed by atoms with Gasteiger partial charge in [0, 0.05) is 32.9 Å². The maximum atomic E-state index is 6.07. The highest BCUT2D eigenvalue weighted by Gasteiger charge is 2.16. The molecule has 0 fully saturated rings. The van der Waals surface area contributed by atoms with Crippen molar-refractivity contribution >= 4 is 44.3 Å². The van der Waals surface area contributed by atoms with Gasteiger partial charge in [-0.1, -0.05) is 38.4 Å². The van der Waals surface area contributed by atoms with Gasteiger partial charge in [-0.25, -0.2) is 0 Å². The van der Waals surface area contributed by atoms with E-state index in [4.69, 9.17) is 11.6 Å². The summed E-state index contributed by atoms with van der Waals surface area (Å²) >= 11 is 6.07. The van der Waals surface area contributed by atoms with Gasteiger partial charge < -0.3 is 4.98 Å². The second-order valence-electron chi connectivity index (χ2n) is 6.84. The standard InChI is InChI=1S/C19H17ClN2/c1-19(2,3)11-4-7-16-14(8-11)15-10-21-17-9-12(20)5-6-13(17)18(15)22-16/h4-10,22H,1-3H3. The molecule has 2 heterocycles. The van der Waals surface area contributed by atoms with Crippen molar-refractivity contribution in [1.29, 1.82) is 0 Å². The third kappa shape index (κ3) is 1.98. The van der Waals surface area contributed by atoms with Crippen LogP contribution >= 0.6 is 11.6 Å². The van der Waals surface area contributed by atoms with Gasteiger partial charge in [-0.15, -0.1) is 0 Å². The summed E-state index contributed by atoms with van der Waals surface area (Å²) in [5.74, 6) is 0. The smallest absolute Gasteiger partial charge is 0.0738 e. The van der Waals surface area contributed by atoms with Crippen molar-refractivity contribution in [3.63, 3.8) is 0 Å². The summed E-state index contributed by atoms with van der Waals surface area (Å²) in [6.07, 6.45) is 1.94. The summed E-state index contributed by atoms with van der Waals surface area (Å²) in [6, 6.07) is 12.5. The van der Waals surface area contributed by atoms with Crippen LogP contribution < -0.4 is 0 Å². The number of fused-ring (bicyclic) bond motifs is 5. The molecule has 4 aromatic rings. The molecule has 0 radical (unpaired) electrons. The van der Waals surface area contributed by atoms with Gasteiger partial charge in [0.1, 0.15) is 0 Å². The highest BCUT2D eigenvalue weighted by Crippen LogP contribution is 2.33. The summed E-state index contributed by atoms with van der Waals surface area (Å²) in [7, 11) is 0. The lowest BCUT2D eigenvalue weighted by Gasteiger charge is -2.18. The molecule has 2 aromatic heterocycles. The van der Waals surface area contributed by atoms with Gasteiger partial charge in [-0.3, -0.25) is 4.98 Å². The van der Waals surface area contributed by atoms with Crippen LogP contribution in [-0.2, 0) is 5.41 Å². The minimum Gasteiger partial charge on any atom is -0.354 e. The van der Waals surface area contributed by atoms with E-state index in [2.05, 4.69) is 48.9 Å². The second kappa shape index (κ2) is 4.47. The van der Waals surface area contributed by atoms with Crippen LogP contribution in [-0.4, -0.2) is 9.97 Å². The maximum Gasteiger partial charge on any atom is 0.0738 e. The fraction of sp³-hybridized carbons (Fsp3) is 0.211. The molecular weight excluding hydrogens is 292 g/mol. The van der Waals surface area contributed by atoms with Gasteiger partial charge in [0.15, 0.2) is 0 Å². The number of pyridine rings is 1. The molecule has 0 saturated carbocycles. The van der Waals surface area contributed by atoms with Gasteiger partial charge in [-0.2, -0.15) is 0 Å². The fourth-order valence-electron chi connectivity index (χ4n) is 2.98. The van der Waals surface area contributed by atoms with Crippen LogP contribution in [0.4, 0.5) is 0 Å². The van der Waals surface area contributed by atoms with Gasteiger partial charge in [-0.05, 0) is 41.3 Å². The van der Waals surface area contributed by atoms with Crippen LogP contribution in [0.1, 0.15) is 26.3 Å². The molecule has 0 bridgehead atoms. The molecule has 0 spiro atoms. The van der Waals surface area contributed by atoms with Crippen LogP contribution in [0.3, 0.4) is 0 Å². The summed E-state index contributed by atoms with van der Waals surface area (Å²) in [6.45, 7) is 6.70. The Kier molecular flexibility index (Phi) is 2.76. The van der Waals surface area contributed by atoms with Crippen LogP contribution in [0.25, 0.3) is 32.7 Å². The first kappa shape index (κ1) is 13.6. The van der Waals surface area contributed by atoms with E-state index in [1.807, 2.05) is 24.4 Å². The Hall–Kier alpha value is -2.06. The molecule has 2 nitrogen and oxygen atoms in total. The molecule has 110 valence electrons. The Balaban J connectivity index is 2.11. The number of aromatic nitrogens is 2. The van der Waals surface area contributed by atoms with E-state index >= 15 is 0 Å². The molecule has 0 saturated heterocycles. The predicted octanol–water partition coefficient (Wildman–Crippen LogP) is 5.82. The summed E-state index contributed by atoms with van der Waals surface area (Å²) < 4.78 is 0. The van der Waals surface area contributed by atoms with Gasteiger partial charge in [0.25, 0.3) is 0 Å². The number of hydrogen-bond donors (Lipinski definition) is 1. The van der Waals surface area contributed by atoms with E-state index in [9.17, 15) is 0 Å². The summed E-state index contributed by atoms with van der Waals surface area (Å²) in [5, 5.41) is 4.21. The first-order chi connectivity index (χ1) is 10.4.